The summed E-state index contributed by atoms with van der Waals surface area (Å²) in [6.45, 7) is 7.22. The first-order valence-electron chi connectivity index (χ1n) is 5.09. The maximum absolute atomic E-state index is 12.4. The minimum absolute atomic E-state index is 0.775. The van der Waals surface area contributed by atoms with Crippen molar-refractivity contribution in [3.8, 4) is 0 Å². The molecule has 0 bridgehead atoms. The predicted molar refractivity (Wildman–Crippen MR) is 57.5 cm³/mol. The van der Waals surface area contributed by atoms with Crippen molar-refractivity contribution in [1.29, 1.82) is 0 Å². The van der Waals surface area contributed by atoms with Gasteiger partial charge in [-0.3, -0.25) is 0 Å². The summed E-state index contributed by atoms with van der Waals surface area (Å²) < 4.78 is 42.1. The van der Waals surface area contributed by atoms with Gasteiger partial charge in [0.05, 0.1) is 5.54 Å². The summed E-state index contributed by atoms with van der Waals surface area (Å²) in [6, 6.07) is -2.16. The van der Waals surface area contributed by atoms with Crippen LogP contribution in [-0.4, -0.2) is 29.5 Å². The van der Waals surface area contributed by atoms with Crippen LogP contribution in [0.1, 0.15) is 34.6 Å². The van der Waals surface area contributed by atoms with Gasteiger partial charge in [-0.25, -0.2) is 4.79 Å². The largest absolute Gasteiger partial charge is 0.444 e. The van der Waals surface area contributed by atoms with Crippen molar-refractivity contribution in [2.45, 2.75) is 58.0 Å². The fourth-order valence-corrected chi connectivity index (χ4v) is 1.05. The van der Waals surface area contributed by atoms with Crippen molar-refractivity contribution in [3.63, 3.8) is 0 Å². The lowest BCUT2D eigenvalue weighted by atomic mass is 9.95. The molecule has 0 aliphatic rings. The molecule has 0 saturated heterocycles. The normalized spacial score (nSPS) is 15.4. The fraction of sp³-hybridized carbons (Fsp3) is 0.900. The molecule has 0 fully saturated rings. The number of nitrogens with one attached hydrogen (secondary N) is 1. The van der Waals surface area contributed by atoms with Crippen LogP contribution in [0.15, 0.2) is 0 Å². The SMILES string of the molecule is CC(C)(C)OC(=O)NC(C)(C)C(N)C(F)(F)F. The molecule has 1 amide bonds. The number of alkyl halides is 3. The van der Waals surface area contributed by atoms with E-state index in [0.717, 1.165) is 0 Å². The van der Waals surface area contributed by atoms with E-state index in [1.807, 2.05) is 0 Å². The van der Waals surface area contributed by atoms with E-state index in [1.165, 1.54) is 13.8 Å². The van der Waals surface area contributed by atoms with Crippen LogP contribution in [0.4, 0.5) is 18.0 Å². The lowest BCUT2D eigenvalue weighted by Crippen LogP contribution is -2.62. The molecule has 7 heteroatoms. The first-order chi connectivity index (χ1) is 7.26. The molecular weight excluding hydrogens is 237 g/mol. The molecule has 0 aromatic rings. The van der Waals surface area contributed by atoms with E-state index >= 15 is 0 Å². The van der Waals surface area contributed by atoms with E-state index in [2.05, 4.69) is 5.32 Å². The molecule has 4 nitrogen and oxygen atoms in total. The molecule has 0 heterocycles. The molecule has 0 aliphatic carbocycles. The summed E-state index contributed by atoms with van der Waals surface area (Å²) in [6.07, 6.45) is -5.51. The molecular formula is C10H19F3N2O2. The van der Waals surface area contributed by atoms with Crippen molar-refractivity contribution in [2.75, 3.05) is 0 Å². The molecule has 0 aromatic carbocycles. The molecule has 0 radical (unpaired) electrons. The van der Waals surface area contributed by atoms with E-state index in [4.69, 9.17) is 10.5 Å². The predicted octanol–water partition coefficient (Wildman–Crippen LogP) is 2.18. The maximum atomic E-state index is 12.4. The smallest absolute Gasteiger partial charge is 0.408 e. The Morgan fingerprint density at radius 2 is 1.59 bits per heavy atom. The molecule has 17 heavy (non-hydrogen) atoms. The van der Waals surface area contributed by atoms with E-state index in [1.54, 1.807) is 20.8 Å². The van der Waals surface area contributed by atoms with Gasteiger partial charge in [-0.1, -0.05) is 0 Å². The van der Waals surface area contributed by atoms with Gasteiger partial charge in [0.25, 0.3) is 0 Å². The van der Waals surface area contributed by atoms with Crippen molar-refractivity contribution < 1.29 is 22.7 Å². The Bertz CT molecular complexity index is 282. The molecule has 3 N–H and O–H groups in total. The maximum Gasteiger partial charge on any atom is 0.408 e. The molecule has 102 valence electrons. The summed E-state index contributed by atoms with van der Waals surface area (Å²) in [4.78, 5) is 11.3. The van der Waals surface area contributed by atoms with Crippen molar-refractivity contribution in [2.24, 2.45) is 5.73 Å². The van der Waals surface area contributed by atoms with Crippen molar-refractivity contribution in [3.05, 3.63) is 0 Å². The number of amides is 1. The monoisotopic (exact) mass is 256 g/mol. The zero-order valence-electron chi connectivity index (χ0n) is 10.6. The third kappa shape index (κ3) is 5.76. The second kappa shape index (κ2) is 4.72. The van der Waals surface area contributed by atoms with Crippen LogP contribution < -0.4 is 11.1 Å². The average Bonchev–Trinajstić information content (AvgIpc) is 1.95. The van der Waals surface area contributed by atoms with Gasteiger partial charge in [0.15, 0.2) is 0 Å². The summed E-state index contributed by atoms with van der Waals surface area (Å²) in [7, 11) is 0. The Morgan fingerprint density at radius 3 is 1.88 bits per heavy atom. The highest BCUT2D eigenvalue weighted by Gasteiger charge is 2.47. The number of alkyl carbamates (subject to hydrolysis) is 1. The topological polar surface area (TPSA) is 64.3 Å². The number of hydrogen-bond acceptors (Lipinski definition) is 3. The fourth-order valence-electron chi connectivity index (χ4n) is 1.05. The standard InChI is InChI=1S/C10H19F3N2O2/c1-8(2,3)17-7(16)15-9(4,5)6(14)10(11,12)13/h6H,14H2,1-5H3,(H,15,16). The Hall–Kier alpha value is -0.980. The summed E-state index contributed by atoms with van der Waals surface area (Å²) in [5, 5.41) is 2.11. The number of halogens is 3. The number of carbonyl (C=O) groups is 1. The van der Waals surface area contributed by atoms with E-state index < -0.39 is 29.5 Å². The van der Waals surface area contributed by atoms with Crippen LogP contribution in [0.25, 0.3) is 0 Å². The van der Waals surface area contributed by atoms with Crippen LogP contribution in [0.5, 0.6) is 0 Å². The lowest BCUT2D eigenvalue weighted by Gasteiger charge is -2.34. The molecule has 0 aromatic heterocycles. The third-order valence-electron chi connectivity index (χ3n) is 1.95. The number of nitrogens with two attached hydrogens (primary N) is 1. The van der Waals surface area contributed by atoms with Crippen LogP contribution in [0.2, 0.25) is 0 Å². The van der Waals surface area contributed by atoms with Crippen LogP contribution in [0.3, 0.4) is 0 Å². The van der Waals surface area contributed by atoms with Gasteiger partial charge >= 0.3 is 12.3 Å². The minimum atomic E-state index is -4.58. The van der Waals surface area contributed by atoms with Crippen LogP contribution in [-0.2, 0) is 4.74 Å². The second-order valence-corrected chi connectivity index (χ2v) is 5.37. The lowest BCUT2D eigenvalue weighted by molar-refractivity contribution is -0.161. The zero-order valence-corrected chi connectivity index (χ0v) is 10.6. The number of hydrogen-bond donors (Lipinski definition) is 2. The molecule has 0 rings (SSSR count). The Balaban J connectivity index is 4.61. The van der Waals surface area contributed by atoms with E-state index in [0.29, 0.717) is 0 Å². The first kappa shape index (κ1) is 16.0. The zero-order chi connectivity index (χ0) is 14.1. The third-order valence-corrected chi connectivity index (χ3v) is 1.95. The van der Waals surface area contributed by atoms with Crippen molar-refractivity contribution >= 4 is 6.09 Å². The second-order valence-electron chi connectivity index (χ2n) is 5.37. The van der Waals surface area contributed by atoms with E-state index in [-0.39, 0.29) is 0 Å². The number of carbonyl (C=O) groups excluding carboxylic acids is 1. The minimum Gasteiger partial charge on any atom is -0.444 e. The van der Waals surface area contributed by atoms with Crippen molar-refractivity contribution in [1.82, 2.24) is 5.32 Å². The summed E-state index contributed by atoms with van der Waals surface area (Å²) in [5.74, 6) is 0. The molecule has 0 aliphatic heterocycles. The molecule has 0 saturated carbocycles. The van der Waals surface area contributed by atoms with Gasteiger partial charge in [0.2, 0.25) is 0 Å². The molecule has 1 atom stereocenters. The molecule has 0 spiro atoms. The summed E-state index contributed by atoms with van der Waals surface area (Å²) in [5.41, 5.74) is 2.63. The average molecular weight is 256 g/mol. The van der Waals surface area contributed by atoms with Crippen LogP contribution in [0, 0.1) is 0 Å². The van der Waals surface area contributed by atoms with Gasteiger partial charge in [-0.15, -0.1) is 0 Å². The Labute approximate surface area is 98.7 Å². The van der Waals surface area contributed by atoms with Gasteiger partial charge in [0, 0.05) is 0 Å². The number of rotatable bonds is 2. The highest BCUT2D eigenvalue weighted by Crippen LogP contribution is 2.26. The van der Waals surface area contributed by atoms with Gasteiger partial charge in [0.1, 0.15) is 11.6 Å². The van der Waals surface area contributed by atoms with Gasteiger partial charge < -0.3 is 15.8 Å². The summed E-state index contributed by atoms with van der Waals surface area (Å²) >= 11 is 0. The van der Waals surface area contributed by atoms with E-state index in [9.17, 15) is 18.0 Å². The van der Waals surface area contributed by atoms with Gasteiger partial charge in [-0.05, 0) is 34.6 Å². The highest BCUT2D eigenvalue weighted by atomic mass is 19.4. The highest BCUT2D eigenvalue weighted by molar-refractivity contribution is 5.68. The first-order valence-corrected chi connectivity index (χ1v) is 5.09. The Morgan fingerprint density at radius 1 is 1.18 bits per heavy atom. The quantitative estimate of drug-likeness (QED) is 0.796. The Kier molecular flexibility index (Phi) is 4.44. The van der Waals surface area contributed by atoms with Crippen LogP contribution >= 0.6 is 0 Å². The number of ether oxygens (including phenoxy) is 1. The van der Waals surface area contributed by atoms with Gasteiger partial charge in [-0.2, -0.15) is 13.2 Å². The molecule has 1 unspecified atom stereocenters.